The van der Waals surface area contributed by atoms with E-state index in [1.54, 1.807) is 23.1 Å². The van der Waals surface area contributed by atoms with E-state index in [1.807, 2.05) is 12.1 Å². The smallest absolute Gasteiger partial charge is 0.209 e. The highest BCUT2D eigenvalue weighted by Gasteiger charge is 2.25. The first-order valence-corrected chi connectivity index (χ1v) is 7.99. The Hall–Kier alpha value is -2.24. The zero-order valence-corrected chi connectivity index (χ0v) is 13.2. The highest BCUT2D eigenvalue weighted by molar-refractivity contribution is 5.49. The van der Waals surface area contributed by atoms with Crippen molar-refractivity contribution in [3.63, 3.8) is 0 Å². The van der Waals surface area contributed by atoms with E-state index in [1.165, 1.54) is 12.1 Å². The topological polar surface area (TPSA) is 60.8 Å². The van der Waals surface area contributed by atoms with Gasteiger partial charge in [-0.15, -0.1) is 0 Å². The van der Waals surface area contributed by atoms with Gasteiger partial charge in [-0.3, -0.25) is 4.79 Å². The molecule has 3 rings (SSSR count). The molecule has 2 N–H and O–H groups in total. The molecule has 2 unspecified atom stereocenters. The molecule has 0 aliphatic carbocycles. The Balaban J connectivity index is 1.86. The van der Waals surface area contributed by atoms with Crippen LogP contribution in [0.5, 0.6) is 0 Å². The molecule has 24 heavy (non-hydrogen) atoms. The Kier molecular flexibility index (Phi) is 4.92. The molecule has 2 atom stereocenters. The molecule has 2 aromatic carbocycles. The van der Waals surface area contributed by atoms with Gasteiger partial charge in [0.05, 0.1) is 6.61 Å². The first-order valence-electron chi connectivity index (χ1n) is 7.99. The van der Waals surface area contributed by atoms with Gasteiger partial charge in [-0.2, -0.15) is 0 Å². The summed E-state index contributed by atoms with van der Waals surface area (Å²) < 4.78 is 13.0. The maximum Gasteiger partial charge on any atom is 0.209 e. The fourth-order valence-corrected chi connectivity index (χ4v) is 3.31. The summed E-state index contributed by atoms with van der Waals surface area (Å²) in [6.45, 7) is 1.24. The lowest BCUT2D eigenvalue weighted by molar-refractivity contribution is -0.117. The number of aliphatic hydroxyl groups excluding tert-OH is 2. The van der Waals surface area contributed by atoms with Crippen LogP contribution in [0, 0.1) is 5.82 Å². The van der Waals surface area contributed by atoms with Gasteiger partial charge in [-0.1, -0.05) is 30.3 Å². The summed E-state index contributed by atoms with van der Waals surface area (Å²) in [5.74, 6) is -0.146. The first kappa shape index (κ1) is 16.6. The summed E-state index contributed by atoms with van der Waals surface area (Å²) in [5.41, 5.74) is 3.02. The number of carbonyl (C=O) groups excluding carboxylic acids is 1. The van der Waals surface area contributed by atoms with Gasteiger partial charge in [0.25, 0.3) is 0 Å². The monoisotopic (exact) mass is 329 g/mol. The van der Waals surface area contributed by atoms with Gasteiger partial charge < -0.3 is 15.1 Å². The fourth-order valence-electron chi connectivity index (χ4n) is 3.31. The van der Waals surface area contributed by atoms with Crippen LogP contribution in [0.1, 0.15) is 40.7 Å². The minimum Gasteiger partial charge on any atom is -0.392 e. The molecule has 1 amide bonds. The number of nitrogens with zero attached hydrogens (tertiary/aromatic N) is 1. The van der Waals surface area contributed by atoms with E-state index in [-0.39, 0.29) is 18.3 Å². The predicted octanol–water partition coefficient (Wildman–Crippen LogP) is 2.35. The van der Waals surface area contributed by atoms with Gasteiger partial charge >= 0.3 is 0 Å². The van der Waals surface area contributed by atoms with Crippen LogP contribution in [-0.2, 0) is 11.4 Å². The lowest BCUT2D eigenvalue weighted by atomic mass is 9.90. The SMILES string of the molecule is O=CN1CCC(c2ccc(C(O)c3ccc(F)cc3)cc2CO)C1. The Morgan fingerprint density at radius 2 is 1.92 bits per heavy atom. The number of aliphatic hydroxyl groups is 2. The van der Waals surface area contributed by atoms with Crippen molar-refractivity contribution in [3.05, 3.63) is 70.5 Å². The molecule has 1 heterocycles. The second-order valence-electron chi connectivity index (χ2n) is 6.16. The summed E-state index contributed by atoms with van der Waals surface area (Å²) >= 11 is 0. The molecule has 0 saturated carbocycles. The summed E-state index contributed by atoms with van der Waals surface area (Å²) in [7, 11) is 0. The Morgan fingerprint density at radius 1 is 1.21 bits per heavy atom. The molecule has 1 saturated heterocycles. The van der Waals surface area contributed by atoms with Crippen molar-refractivity contribution < 1.29 is 19.4 Å². The molecule has 4 nitrogen and oxygen atoms in total. The second kappa shape index (κ2) is 7.11. The van der Waals surface area contributed by atoms with Crippen molar-refractivity contribution >= 4 is 6.41 Å². The number of hydrogen-bond acceptors (Lipinski definition) is 3. The van der Waals surface area contributed by atoms with Crippen LogP contribution in [0.25, 0.3) is 0 Å². The predicted molar refractivity (Wildman–Crippen MR) is 87.8 cm³/mol. The van der Waals surface area contributed by atoms with Gasteiger partial charge in [0.15, 0.2) is 0 Å². The second-order valence-corrected chi connectivity index (χ2v) is 6.16. The molecule has 1 fully saturated rings. The third kappa shape index (κ3) is 3.32. The minimum atomic E-state index is -0.875. The van der Waals surface area contributed by atoms with E-state index >= 15 is 0 Å². The Bertz CT molecular complexity index is 717. The molecular weight excluding hydrogens is 309 g/mol. The number of likely N-dealkylation sites (tertiary alicyclic amines) is 1. The normalized spacial score (nSPS) is 18.6. The molecule has 0 radical (unpaired) electrons. The molecule has 126 valence electrons. The van der Waals surface area contributed by atoms with Crippen molar-refractivity contribution in [3.8, 4) is 0 Å². The van der Waals surface area contributed by atoms with E-state index in [4.69, 9.17) is 0 Å². The van der Waals surface area contributed by atoms with Crippen molar-refractivity contribution in [2.24, 2.45) is 0 Å². The van der Waals surface area contributed by atoms with Crippen molar-refractivity contribution in [2.75, 3.05) is 13.1 Å². The highest BCUT2D eigenvalue weighted by atomic mass is 19.1. The molecule has 0 bridgehead atoms. The van der Waals surface area contributed by atoms with E-state index in [9.17, 15) is 19.4 Å². The number of amides is 1. The molecule has 1 aliphatic rings. The van der Waals surface area contributed by atoms with E-state index in [2.05, 4.69) is 0 Å². The molecule has 0 aromatic heterocycles. The van der Waals surface area contributed by atoms with Gasteiger partial charge in [-0.05, 0) is 40.8 Å². The maximum atomic E-state index is 13.0. The average molecular weight is 329 g/mol. The van der Waals surface area contributed by atoms with Crippen molar-refractivity contribution in [2.45, 2.75) is 25.0 Å². The third-order valence-electron chi connectivity index (χ3n) is 4.65. The van der Waals surface area contributed by atoms with Crippen LogP contribution < -0.4 is 0 Å². The van der Waals surface area contributed by atoms with Gasteiger partial charge in [0.2, 0.25) is 6.41 Å². The van der Waals surface area contributed by atoms with Crippen molar-refractivity contribution in [1.82, 2.24) is 4.90 Å². The largest absolute Gasteiger partial charge is 0.392 e. The molecule has 5 heteroatoms. The van der Waals surface area contributed by atoms with Gasteiger partial charge in [-0.25, -0.2) is 4.39 Å². The third-order valence-corrected chi connectivity index (χ3v) is 4.65. The lowest BCUT2D eigenvalue weighted by Gasteiger charge is -2.18. The van der Waals surface area contributed by atoms with E-state index in [0.717, 1.165) is 30.5 Å². The number of hydrogen-bond donors (Lipinski definition) is 2. The van der Waals surface area contributed by atoms with Crippen LogP contribution in [0.2, 0.25) is 0 Å². The molecular formula is C19H20FNO3. The molecule has 1 aliphatic heterocycles. The molecule has 2 aromatic rings. The zero-order chi connectivity index (χ0) is 17.1. The van der Waals surface area contributed by atoms with E-state index in [0.29, 0.717) is 17.7 Å². The number of rotatable bonds is 5. The maximum absolute atomic E-state index is 13.0. The number of benzene rings is 2. The number of carbonyl (C=O) groups is 1. The van der Waals surface area contributed by atoms with Crippen LogP contribution in [0.4, 0.5) is 4.39 Å². The van der Waals surface area contributed by atoms with E-state index < -0.39 is 6.10 Å². The fraction of sp³-hybridized carbons (Fsp3) is 0.316. The van der Waals surface area contributed by atoms with Crippen LogP contribution in [0.15, 0.2) is 42.5 Å². The van der Waals surface area contributed by atoms with Crippen LogP contribution in [0.3, 0.4) is 0 Å². The van der Waals surface area contributed by atoms with Crippen LogP contribution >= 0.6 is 0 Å². The molecule has 0 spiro atoms. The zero-order valence-electron chi connectivity index (χ0n) is 13.2. The summed E-state index contributed by atoms with van der Waals surface area (Å²) in [5, 5.41) is 20.2. The van der Waals surface area contributed by atoms with Gasteiger partial charge in [0, 0.05) is 19.0 Å². The van der Waals surface area contributed by atoms with Crippen LogP contribution in [-0.4, -0.2) is 34.6 Å². The Morgan fingerprint density at radius 3 is 2.54 bits per heavy atom. The quantitative estimate of drug-likeness (QED) is 0.828. The Labute approximate surface area is 140 Å². The number of halogens is 1. The average Bonchev–Trinajstić information content (AvgIpc) is 3.10. The lowest BCUT2D eigenvalue weighted by Crippen LogP contribution is -2.18. The minimum absolute atomic E-state index is 0.128. The van der Waals surface area contributed by atoms with Crippen molar-refractivity contribution in [1.29, 1.82) is 0 Å². The van der Waals surface area contributed by atoms with Gasteiger partial charge in [0.1, 0.15) is 11.9 Å². The summed E-state index contributed by atoms with van der Waals surface area (Å²) in [4.78, 5) is 12.6. The summed E-state index contributed by atoms with van der Waals surface area (Å²) in [6.07, 6.45) is 0.844. The summed E-state index contributed by atoms with van der Waals surface area (Å²) in [6, 6.07) is 11.2. The highest BCUT2D eigenvalue weighted by Crippen LogP contribution is 2.32. The standard InChI is InChI=1S/C19H20FNO3/c20-17-4-1-13(2-5-17)19(24)14-3-6-18(16(9-14)11-22)15-7-8-21(10-15)12-23/h1-6,9,12,15,19,22,24H,7-8,10-11H2. The first-order chi connectivity index (χ1) is 11.6.